The van der Waals surface area contributed by atoms with E-state index in [0.717, 1.165) is 24.2 Å². The molecule has 0 fully saturated rings. The van der Waals surface area contributed by atoms with Crippen LogP contribution in [-0.2, 0) is 20.1 Å². The molecule has 8 heteroatoms. The normalized spacial score (nSPS) is 13.6. The third kappa shape index (κ3) is 3.15. The number of aryl methyl sites for hydroxylation is 3. The third-order valence-corrected chi connectivity index (χ3v) is 6.59. The second-order valence-corrected chi connectivity index (χ2v) is 8.76. The number of hydrogen-bond donors (Lipinski definition) is 0. The minimum Gasteiger partial charge on any atom is -0.312 e. The first-order valence-corrected chi connectivity index (χ1v) is 11.0. The fourth-order valence-corrected chi connectivity index (χ4v) is 4.56. The van der Waals surface area contributed by atoms with Gasteiger partial charge in [0.1, 0.15) is 0 Å². The van der Waals surface area contributed by atoms with Gasteiger partial charge in [0.15, 0.2) is 11.2 Å². The number of halogens is 1. The number of rotatable bonds is 3. The molecule has 3 heterocycles. The summed E-state index contributed by atoms with van der Waals surface area (Å²) in [5, 5.41) is 0.612. The molecule has 2 aromatic carbocycles. The number of anilines is 2. The number of fused-ring (bicyclic) bond motifs is 3. The van der Waals surface area contributed by atoms with Gasteiger partial charge in [0.25, 0.3) is 5.56 Å². The lowest BCUT2D eigenvalue weighted by atomic mass is 10.1. The summed E-state index contributed by atoms with van der Waals surface area (Å²) in [5.74, 6) is 0.705. The van der Waals surface area contributed by atoms with Crippen molar-refractivity contribution in [3.05, 3.63) is 85.0 Å². The van der Waals surface area contributed by atoms with Gasteiger partial charge in [0.05, 0.1) is 6.54 Å². The van der Waals surface area contributed by atoms with Gasteiger partial charge in [-0.1, -0.05) is 35.9 Å². The van der Waals surface area contributed by atoms with E-state index in [2.05, 4.69) is 30.9 Å². The van der Waals surface area contributed by atoms with Crippen molar-refractivity contribution in [1.29, 1.82) is 0 Å². The van der Waals surface area contributed by atoms with E-state index in [9.17, 15) is 9.59 Å². The highest BCUT2D eigenvalue weighted by Crippen LogP contribution is 2.33. The van der Waals surface area contributed by atoms with Crippen LogP contribution in [0.2, 0.25) is 5.02 Å². The van der Waals surface area contributed by atoms with Crippen molar-refractivity contribution < 1.29 is 0 Å². The quantitative estimate of drug-likeness (QED) is 0.477. The number of benzene rings is 2. The van der Waals surface area contributed by atoms with Crippen LogP contribution < -0.4 is 16.1 Å². The SMILES string of the molecule is Cc1cccc(N2CCCn3c2nc2c3c(=O)n(Cc3ccc(Cl)cc3)c(=O)n2C)c1C. The second-order valence-electron chi connectivity index (χ2n) is 8.32. The molecule has 0 saturated heterocycles. The Morgan fingerprint density at radius 3 is 2.53 bits per heavy atom. The Morgan fingerprint density at radius 1 is 1.03 bits per heavy atom. The zero-order valence-electron chi connectivity index (χ0n) is 18.3. The summed E-state index contributed by atoms with van der Waals surface area (Å²) in [6, 6.07) is 13.4. The van der Waals surface area contributed by atoms with E-state index in [1.807, 2.05) is 22.8 Å². The van der Waals surface area contributed by atoms with Gasteiger partial charge in [-0.05, 0) is 55.2 Å². The lowest BCUT2D eigenvalue weighted by molar-refractivity contribution is 0.597. The van der Waals surface area contributed by atoms with Crippen LogP contribution in [0, 0.1) is 13.8 Å². The molecular weight excluding hydrogens is 426 g/mol. The van der Waals surface area contributed by atoms with Crippen LogP contribution in [-0.4, -0.2) is 25.2 Å². The molecule has 1 aliphatic heterocycles. The molecule has 164 valence electrons. The molecule has 7 nitrogen and oxygen atoms in total. The maximum absolute atomic E-state index is 13.5. The molecule has 0 saturated carbocycles. The molecule has 0 radical (unpaired) electrons. The lowest BCUT2D eigenvalue weighted by Crippen LogP contribution is -2.40. The topological polar surface area (TPSA) is 65.1 Å². The highest BCUT2D eigenvalue weighted by atomic mass is 35.5. The van der Waals surface area contributed by atoms with Crippen molar-refractivity contribution in [3.63, 3.8) is 0 Å². The summed E-state index contributed by atoms with van der Waals surface area (Å²) < 4.78 is 4.71. The molecule has 1 aliphatic rings. The van der Waals surface area contributed by atoms with Crippen molar-refractivity contribution >= 4 is 34.4 Å². The van der Waals surface area contributed by atoms with E-state index < -0.39 is 0 Å². The lowest BCUT2D eigenvalue weighted by Gasteiger charge is -2.30. The van der Waals surface area contributed by atoms with Crippen molar-refractivity contribution in [2.45, 2.75) is 33.4 Å². The summed E-state index contributed by atoms with van der Waals surface area (Å²) in [6.45, 7) is 5.86. The van der Waals surface area contributed by atoms with Crippen molar-refractivity contribution in [2.24, 2.45) is 7.05 Å². The fraction of sp³-hybridized carbons (Fsp3) is 0.292. The maximum Gasteiger partial charge on any atom is 0.332 e. The van der Waals surface area contributed by atoms with Crippen LogP contribution in [0.15, 0.2) is 52.1 Å². The minimum atomic E-state index is -0.383. The molecule has 5 rings (SSSR count). The average Bonchev–Trinajstić information content (AvgIpc) is 3.18. The summed E-state index contributed by atoms with van der Waals surface area (Å²) in [5.41, 5.74) is 4.48. The zero-order chi connectivity index (χ0) is 22.6. The Hall–Kier alpha value is -3.32. The Labute approximate surface area is 190 Å². The summed E-state index contributed by atoms with van der Waals surface area (Å²) in [4.78, 5) is 33.5. The van der Waals surface area contributed by atoms with E-state index in [-0.39, 0.29) is 17.8 Å². The van der Waals surface area contributed by atoms with Crippen molar-refractivity contribution in [2.75, 3.05) is 11.4 Å². The molecule has 0 atom stereocenters. The Bertz CT molecular complexity index is 1460. The standard InChI is InChI=1S/C24H24ClN5O2/c1-15-6-4-7-19(16(15)2)28-12-5-13-29-20-21(26-23(28)29)27(3)24(32)30(22(20)31)14-17-8-10-18(25)11-9-17/h4,6-11H,5,12-14H2,1-3H3. The van der Waals surface area contributed by atoms with E-state index in [0.29, 0.717) is 28.7 Å². The Kier molecular flexibility index (Phi) is 4.93. The summed E-state index contributed by atoms with van der Waals surface area (Å²) in [6.07, 6.45) is 0.880. The Balaban J connectivity index is 1.71. The molecule has 0 N–H and O–H groups in total. The molecular formula is C24H24ClN5O2. The smallest absolute Gasteiger partial charge is 0.312 e. The van der Waals surface area contributed by atoms with Gasteiger partial charge in [0, 0.05) is 30.8 Å². The van der Waals surface area contributed by atoms with Gasteiger partial charge in [-0.15, -0.1) is 0 Å². The number of hydrogen-bond acceptors (Lipinski definition) is 4. The molecule has 0 amide bonds. The molecule has 0 aliphatic carbocycles. The third-order valence-electron chi connectivity index (χ3n) is 6.34. The average molecular weight is 450 g/mol. The number of nitrogens with zero attached hydrogens (tertiary/aromatic N) is 5. The number of aromatic nitrogens is 4. The zero-order valence-corrected chi connectivity index (χ0v) is 19.1. The van der Waals surface area contributed by atoms with Crippen LogP contribution in [0.25, 0.3) is 11.2 Å². The minimum absolute atomic E-state index is 0.180. The first kappa shape index (κ1) is 20.6. The van der Waals surface area contributed by atoms with Gasteiger partial charge in [-0.3, -0.25) is 13.9 Å². The van der Waals surface area contributed by atoms with Crippen LogP contribution >= 0.6 is 11.6 Å². The van der Waals surface area contributed by atoms with Gasteiger partial charge >= 0.3 is 5.69 Å². The van der Waals surface area contributed by atoms with Gasteiger partial charge < -0.3 is 9.47 Å². The number of imidazole rings is 1. The fourth-order valence-electron chi connectivity index (χ4n) is 4.43. The molecule has 0 bridgehead atoms. The first-order chi connectivity index (χ1) is 15.4. The van der Waals surface area contributed by atoms with E-state index in [1.54, 1.807) is 19.2 Å². The van der Waals surface area contributed by atoms with Gasteiger partial charge in [-0.2, -0.15) is 4.98 Å². The maximum atomic E-state index is 13.5. The first-order valence-electron chi connectivity index (χ1n) is 10.6. The van der Waals surface area contributed by atoms with Crippen molar-refractivity contribution in [3.8, 4) is 0 Å². The van der Waals surface area contributed by atoms with Crippen LogP contribution in [0.5, 0.6) is 0 Å². The van der Waals surface area contributed by atoms with Gasteiger partial charge in [-0.25, -0.2) is 4.79 Å². The molecule has 32 heavy (non-hydrogen) atoms. The van der Waals surface area contributed by atoms with E-state index in [1.165, 1.54) is 20.3 Å². The van der Waals surface area contributed by atoms with E-state index in [4.69, 9.17) is 16.6 Å². The predicted molar refractivity (Wildman–Crippen MR) is 127 cm³/mol. The Morgan fingerprint density at radius 2 is 1.78 bits per heavy atom. The van der Waals surface area contributed by atoms with Gasteiger partial charge in [0.2, 0.25) is 5.95 Å². The monoisotopic (exact) mass is 449 g/mol. The van der Waals surface area contributed by atoms with Crippen molar-refractivity contribution in [1.82, 2.24) is 18.7 Å². The van der Waals surface area contributed by atoms with E-state index >= 15 is 0 Å². The summed E-state index contributed by atoms with van der Waals surface area (Å²) >= 11 is 5.98. The molecule has 0 spiro atoms. The molecule has 0 unspecified atom stereocenters. The van der Waals surface area contributed by atoms with Crippen LogP contribution in [0.4, 0.5) is 11.6 Å². The van der Waals surface area contributed by atoms with Crippen LogP contribution in [0.3, 0.4) is 0 Å². The largest absolute Gasteiger partial charge is 0.332 e. The molecule has 4 aromatic rings. The summed E-state index contributed by atoms with van der Waals surface area (Å²) in [7, 11) is 1.67. The molecule has 2 aromatic heterocycles. The second kappa shape index (κ2) is 7.67. The highest BCUT2D eigenvalue weighted by Gasteiger charge is 2.27. The van der Waals surface area contributed by atoms with Crippen LogP contribution in [0.1, 0.15) is 23.1 Å². The highest BCUT2D eigenvalue weighted by molar-refractivity contribution is 6.30. The predicted octanol–water partition coefficient (Wildman–Crippen LogP) is 3.76.